The smallest absolute Gasteiger partial charge is 0.0717 e. The number of nitrogens with one attached hydrogen (secondary N) is 1. The van der Waals surface area contributed by atoms with E-state index in [0.717, 1.165) is 25.5 Å². The highest BCUT2D eigenvalue weighted by atomic mass is 32.2. The zero-order valence-corrected chi connectivity index (χ0v) is 10.8. The van der Waals surface area contributed by atoms with Crippen LogP contribution in [0.1, 0.15) is 25.3 Å². The summed E-state index contributed by atoms with van der Waals surface area (Å²) in [5.41, 5.74) is 1.24. The summed E-state index contributed by atoms with van der Waals surface area (Å²) in [6, 6.07) is 10.3. The number of hydrogen-bond donors (Lipinski definition) is 1. The Hall–Kier alpha value is -0.510. The van der Waals surface area contributed by atoms with Crippen LogP contribution < -0.4 is 4.72 Å². The molecule has 0 aliphatic carbocycles. The van der Waals surface area contributed by atoms with Crippen molar-refractivity contribution in [2.45, 2.75) is 26.4 Å². The molecule has 1 aromatic rings. The molecule has 0 amide bonds. The third-order valence-corrected chi connectivity index (χ3v) is 2.95. The molecule has 0 aliphatic heterocycles. The van der Waals surface area contributed by atoms with Gasteiger partial charge in [-0.25, -0.2) is 0 Å². The molecule has 0 radical (unpaired) electrons. The van der Waals surface area contributed by atoms with Crippen LogP contribution in [0.3, 0.4) is 0 Å². The first kappa shape index (κ1) is 13.6. The Morgan fingerprint density at radius 3 is 2.81 bits per heavy atom. The molecule has 90 valence electrons. The predicted molar refractivity (Wildman–Crippen MR) is 71.5 cm³/mol. The van der Waals surface area contributed by atoms with Gasteiger partial charge in [0.25, 0.3) is 0 Å². The Morgan fingerprint density at radius 1 is 1.25 bits per heavy atom. The second-order valence-electron chi connectivity index (χ2n) is 3.63. The second kappa shape index (κ2) is 9.70. The van der Waals surface area contributed by atoms with Crippen molar-refractivity contribution < 1.29 is 4.74 Å². The largest absolute Gasteiger partial charge is 0.376 e. The number of hydrogen-bond acceptors (Lipinski definition) is 3. The highest BCUT2D eigenvalue weighted by Gasteiger charge is 1.92. The Labute approximate surface area is 103 Å². The van der Waals surface area contributed by atoms with Gasteiger partial charge in [-0.3, -0.25) is 4.72 Å². The summed E-state index contributed by atoms with van der Waals surface area (Å²) in [6.07, 6.45) is 2.50. The van der Waals surface area contributed by atoms with Crippen LogP contribution in [0.4, 0.5) is 0 Å². The summed E-state index contributed by atoms with van der Waals surface area (Å²) in [4.78, 5) is 0. The molecule has 0 spiro atoms. The van der Waals surface area contributed by atoms with Gasteiger partial charge in [-0.2, -0.15) is 0 Å². The number of benzene rings is 1. The molecule has 0 bridgehead atoms. The highest BCUT2D eigenvalue weighted by Crippen LogP contribution is 2.01. The maximum absolute atomic E-state index is 5.57. The third kappa shape index (κ3) is 6.88. The van der Waals surface area contributed by atoms with E-state index >= 15 is 0 Å². The summed E-state index contributed by atoms with van der Waals surface area (Å²) in [7, 11) is 0. The van der Waals surface area contributed by atoms with E-state index in [1.807, 2.05) is 18.2 Å². The fourth-order valence-electron chi connectivity index (χ4n) is 1.26. The third-order valence-electron chi connectivity index (χ3n) is 2.18. The molecule has 0 heterocycles. The van der Waals surface area contributed by atoms with E-state index in [1.165, 1.54) is 18.4 Å². The molecule has 0 unspecified atom stereocenters. The van der Waals surface area contributed by atoms with Crippen molar-refractivity contribution in [2.24, 2.45) is 0 Å². The minimum Gasteiger partial charge on any atom is -0.376 e. The van der Waals surface area contributed by atoms with Gasteiger partial charge < -0.3 is 4.74 Å². The average molecular weight is 239 g/mol. The number of ether oxygens (including phenoxy) is 1. The van der Waals surface area contributed by atoms with Gasteiger partial charge in [-0.05, 0) is 12.0 Å². The molecule has 0 aromatic heterocycles. The lowest BCUT2D eigenvalue weighted by molar-refractivity contribution is 0.136. The number of rotatable bonds is 9. The van der Waals surface area contributed by atoms with Crippen LogP contribution in [-0.4, -0.2) is 18.9 Å². The maximum atomic E-state index is 5.57. The van der Waals surface area contributed by atoms with Crippen molar-refractivity contribution in [2.75, 3.05) is 18.9 Å². The van der Waals surface area contributed by atoms with Crippen LogP contribution in [-0.2, 0) is 11.3 Å². The summed E-state index contributed by atoms with van der Waals surface area (Å²) < 4.78 is 8.89. The molecule has 2 nitrogen and oxygen atoms in total. The van der Waals surface area contributed by atoms with Gasteiger partial charge in [0.15, 0.2) is 0 Å². The van der Waals surface area contributed by atoms with Gasteiger partial charge in [0, 0.05) is 12.3 Å². The zero-order valence-electron chi connectivity index (χ0n) is 9.95. The van der Waals surface area contributed by atoms with Crippen molar-refractivity contribution in [1.29, 1.82) is 0 Å². The van der Waals surface area contributed by atoms with Crippen LogP contribution in [0.15, 0.2) is 30.3 Å². The van der Waals surface area contributed by atoms with Crippen molar-refractivity contribution in [1.82, 2.24) is 4.72 Å². The van der Waals surface area contributed by atoms with Crippen molar-refractivity contribution in [3.05, 3.63) is 35.9 Å². The van der Waals surface area contributed by atoms with Crippen molar-refractivity contribution in [3.8, 4) is 0 Å². The highest BCUT2D eigenvalue weighted by molar-refractivity contribution is 7.97. The minimum atomic E-state index is 0.719. The van der Waals surface area contributed by atoms with Crippen LogP contribution in [0.5, 0.6) is 0 Å². The molecule has 1 rings (SSSR count). The first-order chi connectivity index (χ1) is 7.93. The van der Waals surface area contributed by atoms with Crippen LogP contribution >= 0.6 is 11.9 Å². The van der Waals surface area contributed by atoms with Gasteiger partial charge in [0.2, 0.25) is 0 Å². The van der Waals surface area contributed by atoms with E-state index in [2.05, 4.69) is 23.8 Å². The first-order valence-corrected chi connectivity index (χ1v) is 6.88. The Morgan fingerprint density at radius 2 is 2.06 bits per heavy atom. The fraction of sp³-hybridized carbons (Fsp3) is 0.538. The lowest BCUT2D eigenvalue weighted by Crippen LogP contribution is -2.08. The second-order valence-corrected chi connectivity index (χ2v) is 4.62. The first-order valence-electron chi connectivity index (χ1n) is 5.90. The molecule has 1 N–H and O–H groups in total. The van der Waals surface area contributed by atoms with Gasteiger partial charge in [0.05, 0.1) is 13.2 Å². The SMILES string of the molecule is CCCCNSCCOCc1ccccc1. The predicted octanol–water partition coefficient (Wildman–Crippen LogP) is 3.24. The van der Waals surface area contributed by atoms with Gasteiger partial charge in [-0.1, -0.05) is 55.6 Å². The van der Waals surface area contributed by atoms with E-state index in [1.54, 1.807) is 11.9 Å². The molecule has 0 saturated heterocycles. The van der Waals surface area contributed by atoms with Crippen molar-refractivity contribution in [3.63, 3.8) is 0 Å². The van der Waals surface area contributed by atoms with Crippen LogP contribution in [0, 0.1) is 0 Å². The van der Waals surface area contributed by atoms with E-state index in [0.29, 0.717) is 0 Å². The summed E-state index contributed by atoms with van der Waals surface area (Å²) in [5, 5.41) is 0. The summed E-state index contributed by atoms with van der Waals surface area (Å²) in [5.74, 6) is 1.01. The Kier molecular flexibility index (Phi) is 8.22. The fourth-order valence-corrected chi connectivity index (χ4v) is 1.89. The summed E-state index contributed by atoms with van der Waals surface area (Å²) >= 11 is 1.75. The molecular formula is C13H21NOS. The minimum absolute atomic E-state index is 0.719. The van der Waals surface area contributed by atoms with E-state index < -0.39 is 0 Å². The molecular weight excluding hydrogens is 218 g/mol. The lowest BCUT2D eigenvalue weighted by Gasteiger charge is -2.05. The van der Waals surface area contributed by atoms with Crippen molar-refractivity contribution >= 4 is 11.9 Å². The Bertz CT molecular complexity index is 253. The standard InChI is InChI=1S/C13H21NOS/c1-2-3-9-14-16-11-10-15-12-13-7-5-4-6-8-13/h4-8,14H,2-3,9-12H2,1H3. The van der Waals surface area contributed by atoms with Gasteiger partial charge in [-0.15, -0.1) is 0 Å². The topological polar surface area (TPSA) is 21.3 Å². The molecule has 3 heteroatoms. The lowest BCUT2D eigenvalue weighted by atomic mass is 10.2. The molecule has 0 aliphatic rings. The van der Waals surface area contributed by atoms with E-state index in [9.17, 15) is 0 Å². The van der Waals surface area contributed by atoms with Crippen LogP contribution in [0.2, 0.25) is 0 Å². The molecule has 1 aromatic carbocycles. The molecule has 0 fully saturated rings. The van der Waals surface area contributed by atoms with Crippen LogP contribution in [0.25, 0.3) is 0 Å². The normalized spacial score (nSPS) is 10.6. The van der Waals surface area contributed by atoms with Gasteiger partial charge in [0.1, 0.15) is 0 Å². The Balaban J connectivity index is 1.89. The quantitative estimate of drug-likeness (QED) is 0.528. The van der Waals surface area contributed by atoms with E-state index in [4.69, 9.17) is 4.74 Å². The van der Waals surface area contributed by atoms with Gasteiger partial charge >= 0.3 is 0 Å². The summed E-state index contributed by atoms with van der Waals surface area (Å²) in [6.45, 7) is 4.82. The molecule has 0 saturated carbocycles. The molecule has 16 heavy (non-hydrogen) atoms. The average Bonchev–Trinajstić information content (AvgIpc) is 2.34. The monoisotopic (exact) mass is 239 g/mol. The maximum Gasteiger partial charge on any atom is 0.0717 e. The zero-order chi connectivity index (χ0) is 11.5. The molecule has 0 atom stereocenters. The van der Waals surface area contributed by atoms with E-state index in [-0.39, 0.29) is 0 Å². The number of unbranched alkanes of at least 4 members (excludes halogenated alkanes) is 1.